The Morgan fingerprint density at radius 3 is 2.81 bits per heavy atom. The summed E-state index contributed by atoms with van der Waals surface area (Å²) in [6.45, 7) is 1.65. The van der Waals surface area contributed by atoms with Crippen molar-refractivity contribution in [3.8, 4) is 11.4 Å². The van der Waals surface area contributed by atoms with Crippen LogP contribution in [0.5, 0.6) is 0 Å². The highest BCUT2D eigenvalue weighted by atomic mass is 32.1. The van der Waals surface area contributed by atoms with Crippen molar-refractivity contribution in [2.24, 2.45) is 5.73 Å². The van der Waals surface area contributed by atoms with Crippen molar-refractivity contribution < 1.29 is 5.11 Å². The SMILES string of the molecule is NC1(CO)CCN(c2nc(-c3cccnc3)nc3sc4c(c23)CCC4)CC1. The number of rotatable bonds is 3. The molecule has 0 unspecified atom stereocenters. The van der Waals surface area contributed by atoms with Gasteiger partial charge < -0.3 is 15.7 Å². The minimum atomic E-state index is -0.467. The predicted octanol–water partition coefficient (Wildman–Crippen LogP) is 2.53. The van der Waals surface area contributed by atoms with Crippen molar-refractivity contribution in [3.63, 3.8) is 0 Å². The van der Waals surface area contributed by atoms with Crippen molar-refractivity contribution in [1.29, 1.82) is 0 Å². The van der Waals surface area contributed by atoms with Gasteiger partial charge in [-0.25, -0.2) is 9.97 Å². The quantitative estimate of drug-likeness (QED) is 0.725. The zero-order chi connectivity index (χ0) is 18.4. The Labute approximate surface area is 162 Å². The van der Waals surface area contributed by atoms with E-state index in [-0.39, 0.29) is 6.61 Å². The van der Waals surface area contributed by atoms with Crippen LogP contribution in [0.15, 0.2) is 24.5 Å². The van der Waals surface area contributed by atoms with Crippen LogP contribution in [-0.4, -0.2) is 45.3 Å². The summed E-state index contributed by atoms with van der Waals surface area (Å²) in [5, 5.41) is 10.8. The van der Waals surface area contributed by atoms with Gasteiger partial charge in [0, 0.05) is 41.5 Å². The van der Waals surface area contributed by atoms with Crippen molar-refractivity contribution in [2.75, 3.05) is 24.6 Å². The second-order valence-electron chi connectivity index (χ2n) is 7.66. The normalized spacial score (nSPS) is 18.8. The first kappa shape index (κ1) is 17.0. The van der Waals surface area contributed by atoms with E-state index in [9.17, 15) is 5.11 Å². The maximum atomic E-state index is 9.59. The van der Waals surface area contributed by atoms with Crippen LogP contribution in [0.2, 0.25) is 0 Å². The highest BCUT2D eigenvalue weighted by Gasteiger charge is 2.32. The molecule has 1 saturated heterocycles. The lowest BCUT2D eigenvalue weighted by atomic mass is 9.89. The standard InChI is InChI=1S/C20H23N5OS/c21-20(12-26)6-9-25(10-7-20)18-16-14-4-1-5-15(14)27-19(16)24-17(23-18)13-3-2-8-22-11-13/h2-3,8,11,26H,1,4-7,9-10,12,21H2. The predicted molar refractivity (Wildman–Crippen MR) is 108 cm³/mol. The first-order chi connectivity index (χ1) is 13.2. The lowest BCUT2D eigenvalue weighted by Gasteiger charge is -2.38. The first-order valence-corrected chi connectivity index (χ1v) is 10.4. The van der Waals surface area contributed by atoms with Crippen LogP contribution in [-0.2, 0) is 12.8 Å². The lowest BCUT2D eigenvalue weighted by molar-refractivity contribution is 0.170. The van der Waals surface area contributed by atoms with Gasteiger partial charge in [-0.2, -0.15) is 0 Å². The zero-order valence-corrected chi connectivity index (χ0v) is 16.0. The van der Waals surface area contributed by atoms with Gasteiger partial charge in [0.15, 0.2) is 5.82 Å². The molecule has 0 spiro atoms. The Kier molecular flexibility index (Phi) is 4.11. The minimum absolute atomic E-state index is 0.0365. The van der Waals surface area contributed by atoms with Gasteiger partial charge in [-0.3, -0.25) is 4.98 Å². The molecule has 27 heavy (non-hydrogen) atoms. The Morgan fingerprint density at radius 1 is 1.22 bits per heavy atom. The second kappa shape index (κ2) is 6.51. The van der Waals surface area contributed by atoms with E-state index in [1.165, 1.54) is 22.2 Å². The first-order valence-electron chi connectivity index (χ1n) is 9.54. The summed E-state index contributed by atoms with van der Waals surface area (Å²) in [5.41, 5.74) is 8.20. The van der Waals surface area contributed by atoms with Crippen LogP contribution in [0.3, 0.4) is 0 Å². The topological polar surface area (TPSA) is 88.2 Å². The Hall–Kier alpha value is -2.09. The third-order valence-electron chi connectivity index (χ3n) is 5.84. The van der Waals surface area contributed by atoms with E-state index in [0.717, 1.165) is 60.8 Å². The fraction of sp³-hybridized carbons (Fsp3) is 0.450. The zero-order valence-electron chi connectivity index (χ0n) is 15.2. The van der Waals surface area contributed by atoms with Gasteiger partial charge in [0.25, 0.3) is 0 Å². The van der Waals surface area contributed by atoms with Crippen molar-refractivity contribution in [3.05, 3.63) is 35.0 Å². The van der Waals surface area contributed by atoms with Crippen LogP contribution in [0, 0.1) is 0 Å². The molecule has 5 rings (SSSR count). The molecule has 0 saturated carbocycles. The minimum Gasteiger partial charge on any atom is -0.394 e. The number of aromatic nitrogens is 3. The summed E-state index contributed by atoms with van der Waals surface area (Å²) < 4.78 is 0. The van der Waals surface area contributed by atoms with E-state index in [4.69, 9.17) is 15.7 Å². The van der Waals surface area contributed by atoms with Crippen LogP contribution < -0.4 is 10.6 Å². The van der Waals surface area contributed by atoms with E-state index >= 15 is 0 Å². The molecule has 0 bridgehead atoms. The van der Waals surface area contributed by atoms with Gasteiger partial charge in [0.05, 0.1) is 12.0 Å². The third-order valence-corrected chi connectivity index (χ3v) is 7.02. The second-order valence-corrected chi connectivity index (χ2v) is 8.74. The van der Waals surface area contributed by atoms with E-state index in [2.05, 4.69) is 9.88 Å². The largest absolute Gasteiger partial charge is 0.394 e. The van der Waals surface area contributed by atoms with Crippen LogP contribution in [0.25, 0.3) is 21.6 Å². The van der Waals surface area contributed by atoms with Gasteiger partial charge in [0.2, 0.25) is 0 Å². The molecule has 1 aliphatic carbocycles. The van der Waals surface area contributed by atoms with Crippen LogP contribution in [0.1, 0.15) is 29.7 Å². The number of hydrogen-bond acceptors (Lipinski definition) is 7. The van der Waals surface area contributed by atoms with Gasteiger partial charge in [-0.15, -0.1) is 11.3 Å². The number of nitrogens with zero attached hydrogens (tertiary/aromatic N) is 4. The Bertz CT molecular complexity index is 979. The highest BCUT2D eigenvalue weighted by Crippen LogP contribution is 2.42. The number of aliphatic hydroxyl groups excluding tert-OH is 1. The number of aryl methyl sites for hydroxylation is 2. The average Bonchev–Trinajstić information content (AvgIpc) is 3.29. The summed E-state index contributed by atoms with van der Waals surface area (Å²) in [7, 11) is 0. The van der Waals surface area contributed by atoms with E-state index in [1.54, 1.807) is 6.20 Å². The number of aliphatic hydroxyl groups is 1. The van der Waals surface area contributed by atoms with Crippen LogP contribution >= 0.6 is 11.3 Å². The third kappa shape index (κ3) is 2.90. The van der Waals surface area contributed by atoms with Crippen LogP contribution in [0.4, 0.5) is 5.82 Å². The van der Waals surface area contributed by atoms with E-state index in [0.29, 0.717) is 0 Å². The smallest absolute Gasteiger partial charge is 0.164 e. The van der Waals surface area contributed by atoms with Crippen molar-refractivity contribution >= 4 is 27.4 Å². The number of thiophene rings is 1. The highest BCUT2D eigenvalue weighted by molar-refractivity contribution is 7.19. The molecule has 0 radical (unpaired) electrons. The maximum absolute atomic E-state index is 9.59. The number of nitrogens with two attached hydrogens (primary N) is 1. The van der Waals surface area contributed by atoms with Gasteiger partial charge in [-0.05, 0) is 49.8 Å². The molecule has 6 nitrogen and oxygen atoms in total. The van der Waals surface area contributed by atoms with Crippen molar-refractivity contribution in [1.82, 2.24) is 15.0 Å². The molecule has 1 fully saturated rings. The van der Waals surface area contributed by atoms with E-state index < -0.39 is 5.54 Å². The molecule has 0 amide bonds. The molecule has 3 N–H and O–H groups in total. The lowest BCUT2D eigenvalue weighted by Crippen LogP contribution is -2.53. The number of fused-ring (bicyclic) bond motifs is 3. The molecule has 1 aliphatic heterocycles. The molecular formula is C20H23N5OS. The van der Waals surface area contributed by atoms with Gasteiger partial charge >= 0.3 is 0 Å². The molecule has 4 heterocycles. The molecular weight excluding hydrogens is 358 g/mol. The fourth-order valence-corrected chi connectivity index (χ4v) is 5.41. The Morgan fingerprint density at radius 2 is 2.07 bits per heavy atom. The molecule has 0 aromatic carbocycles. The average molecular weight is 382 g/mol. The summed E-state index contributed by atoms with van der Waals surface area (Å²) >= 11 is 1.81. The van der Waals surface area contributed by atoms with Gasteiger partial charge in [0.1, 0.15) is 10.6 Å². The summed E-state index contributed by atoms with van der Waals surface area (Å²) in [6, 6.07) is 3.92. The molecule has 2 aliphatic rings. The molecule has 3 aromatic heterocycles. The number of hydrogen-bond donors (Lipinski definition) is 2. The molecule has 0 atom stereocenters. The maximum Gasteiger partial charge on any atom is 0.164 e. The van der Waals surface area contributed by atoms with Gasteiger partial charge in [-0.1, -0.05) is 0 Å². The fourth-order valence-electron chi connectivity index (χ4n) is 4.15. The van der Waals surface area contributed by atoms with Crippen molar-refractivity contribution in [2.45, 2.75) is 37.6 Å². The Balaban J connectivity index is 1.63. The number of anilines is 1. The summed E-state index contributed by atoms with van der Waals surface area (Å²) in [6.07, 6.45) is 8.60. The summed E-state index contributed by atoms with van der Waals surface area (Å²) in [4.78, 5) is 19.0. The monoisotopic (exact) mass is 381 g/mol. The summed E-state index contributed by atoms with van der Waals surface area (Å²) in [5.74, 6) is 1.76. The molecule has 3 aromatic rings. The number of piperidine rings is 1. The number of pyridine rings is 1. The molecule has 7 heteroatoms. The molecule has 140 valence electrons. The van der Waals surface area contributed by atoms with E-state index in [1.807, 2.05) is 29.7 Å².